The molecule has 0 saturated heterocycles. The maximum Gasteiger partial charge on any atom is 0.472 e. The molecule has 0 saturated carbocycles. The molecule has 19 heteroatoms. The number of phosphoric ester groups is 2. The SMILES string of the molecule is CCCCCC/C=C\C=C/CCCCCCCC(=O)O[C@H](COC(=O)CCCCCCCCCCCCCCCCCCCCC(C)CC)COP(=O)(O)OCC(O)COP(=O)(O)OC[C@@H](COC(=O)CCCCCCCCC(C)C)OC(=O)CCCCCCCCCCCCCCCCCCCCC(C)C. The van der Waals surface area contributed by atoms with Crippen molar-refractivity contribution in [2.45, 2.75) is 458 Å². The summed E-state index contributed by atoms with van der Waals surface area (Å²) in [6.07, 6.45) is 71.9. The van der Waals surface area contributed by atoms with E-state index in [2.05, 4.69) is 72.8 Å². The Morgan fingerprint density at radius 1 is 0.308 bits per heavy atom. The van der Waals surface area contributed by atoms with Gasteiger partial charge < -0.3 is 33.8 Å². The van der Waals surface area contributed by atoms with Crippen LogP contribution in [0, 0.1) is 17.8 Å². The van der Waals surface area contributed by atoms with Crippen LogP contribution in [0.4, 0.5) is 0 Å². The average molecular weight is 1560 g/mol. The number of hydrogen-bond acceptors (Lipinski definition) is 15. The molecule has 0 aliphatic heterocycles. The number of ether oxygens (including phenoxy) is 4. The monoisotopic (exact) mass is 1560 g/mol. The molecule has 0 aromatic carbocycles. The van der Waals surface area contributed by atoms with E-state index in [0.717, 1.165) is 121 Å². The molecule has 4 unspecified atom stereocenters. The maximum atomic E-state index is 13.1. The largest absolute Gasteiger partial charge is 0.472 e. The third-order valence-corrected chi connectivity index (χ3v) is 22.3. The topological polar surface area (TPSA) is 237 Å². The lowest BCUT2D eigenvalue weighted by atomic mass is 9.99. The van der Waals surface area contributed by atoms with Crippen molar-refractivity contribution in [3.8, 4) is 0 Å². The van der Waals surface area contributed by atoms with Gasteiger partial charge in [0.25, 0.3) is 0 Å². The van der Waals surface area contributed by atoms with Crippen molar-refractivity contribution in [3.63, 3.8) is 0 Å². The van der Waals surface area contributed by atoms with Crippen molar-refractivity contribution in [1.29, 1.82) is 0 Å². The Morgan fingerprint density at radius 2 is 0.551 bits per heavy atom. The minimum atomic E-state index is -4.97. The van der Waals surface area contributed by atoms with Gasteiger partial charge in [-0.2, -0.15) is 0 Å². The molecule has 0 amide bonds. The van der Waals surface area contributed by atoms with Crippen LogP contribution < -0.4 is 0 Å². The fourth-order valence-corrected chi connectivity index (χ4v) is 14.7. The summed E-state index contributed by atoms with van der Waals surface area (Å²) < 4.78 is 68.8. The molecule has 6 atom stereocenters. The summed E-state index contributed by atoms with van der Waals surface area (Å²) in [5.74, 6) is 0.233. The van der Waals surface area contributed by atoms with Crippen LogP contribution in [0.3, 0.4) is 0 Å². The predicted molar refractivity (Wildman–Crippen MR) is 441 cm³/mol. The van der Waals surface area contributed by atoms with Crippen LogP contribution in [0.25, 0.3) is 0 Å². The molecular formula is C88H168O17P2. The van der Waals surface area contributed by atoms with E-state index in [0.29, 0.717) is 31.6 Å². The van der Waals surface area contributed by atoms with Gasteiger partial charge >= 0.3 is 39.5 Å². The molecule has 0 aromatic heterocycles. The second-order valence-corrected chi connectivity index (χ2v) is 35.0. The molecule has 107 heavy (non-hydrogen) atoms. The molecular weight excluding hydrogens is 1390 g/mol. The van der Waals surface area contributed by atoms with Crippen molar-refractivity contribution in [2.75, 3.05) is 39.6 Å². The van der Waals surface area contributed by atoms with Gasteiger partial charge in [-0.05, 0) is 69.1 Å². The highest BCUT2D eigenvalue weighted by atomic mass is 31.2. The summed E-state index contributed by atoms with van der Waals surface area (Å²) >= 11 is 0. The molecule has 3 N–H and O–H groups in total. The van der Waals surface area contributed by atoms with E-state index in [1.54, 1.807) is 0 Å². The van der Waals surface area contributed by atoms with Crippen molar-refractivity contribution in [3.05, 3.63) is 24.3 Å². The third-order valence-electron chi connectivity index (χ3n) is 20.4. The van der Waals surface area contributed by atoms with Crippen LogP contribution in [-0.4, -0.2) is 96.7 Å². The highest BCUT2D eigenvalue weighted by Crippen LogP contribution is 2.45. The Morgan fingerprint density at radius 3 is 0.832 bits per heavy atom. The second-order valence-electron chi connectivity index (χ2n) is 32.1. The number of rotatable bonds is 84. The van der Waals surface area contributed by atoms with Gasteiger partial charge in [-0.15, -0.1) is 0 Å². The smallest absolute Gasteiger partial charge is 0.462 e. The fourth-order valence-electron chi connectivity index (χ4n) is 13.2. The Kier molecular flexibility index (Phi) is 75.7. The van der Waals surface area contributed by atoms with E-state index >= 15 is 0 Å². The lowest BCUT2D eigenvalue weighted by molar-refractivity contribution is -0.161. The van der Waals surface area contributed by atoms with Crippen molar-refractivity contribution < 1.29 is 80.2 Å². The molecule has 0 bridgehead atoms. The van der Waals surface area contributed by atoms with Crippen molar-refractivity contribution in [2.24, 2.45) is 17.8 Å². The predicted octanol–water partition coefficient (Wildman–Crippen LogP) is 26.4. The average Bonchev–Trinajstić information content (AvgIpc) is 0.936. The molecule has 0 spiro atoms. The van der Waals surface area contributed by atoms with Gasteiger partial charge in [0.15, 0.2) is 12.2 Å². The Labute approximate surface area is 656 Å². The normalized spacial score (nSPS) is 14.2. The van der Waals surface area contributed by atoms with Gasteiger partial charge in [-0.25, -0.2) is 9.13 Å². The first-order valence-corrected chi connectivity index (χ1v) is 47.7. The third kappa shape index (κ3) is 80.0. The van der Waals surface area contributed by atoms with Gasteiger partial charge in [0.2, 0.25) is 0 Å². The first-order chi connectivity index (χ1) is 51.8. The Hall–Kier alpha value is -2.46. The molecule has 0 rings (SSSR count). The van der Waals surface area contributed by atoms with Crippen LogP contribution >= 0.6 is 15.6 Å². The van der Waals surface area contributed by atoms with E-state index in [4.69, 9.17) is 37.0 Å². The molecule has 0 aromatic rings. The molecule has 0 fully saturated rings. The van der Waals surface area contributed by atoms with Crippen LogP contribution in [0.1, 0.15) is 440 Å². The number of carbonyl (C=O) groups is 4. The Balaban J connectivity index is 5.19. The van der Waals surface area contributed by atoms with E-state index in [1.807, 2.05) is 0 Å². The minimum absolute atomic E-state index is 0.0854. The molecule has 632 valence electrons. The number of unbranched alkanes of at least 4 members (excludes halogenated alkanes) is 48. The van der Waals surface area contributed by atoms with Crippen LogP contribution in [0.5, 0.6) is 0 Å². The Bertz CT molecular complexity index is 2160. The number of phosphoric acid groups is 2. The zero-order valence-corrected chi connectivity index (χ0v) is 71.9. The number of allylic oxidation sites excluding steroid dienone is 4. The first-order valence-electron chi connectivity index (χ1n) is 44.7. The number of aliphatic hydroxyl groups excluding tert-OH is 1. The number of esters is 4. The van der Waals surface area contributed by atoms with Crippen LogP contribution in [0.2, 0.25) is 0 Å². The number of aliphatic hydroxyl groups is 1. The summed E-state index contributed by atoms with van der Waals surface area (Å²) in [6, 6.07) is 0. The summed E-state index contributed by atoms with van der Waals surface area (Å²) in [5, 5.41) is 10.7. The minimum Gasteiger partial charge on any atom is -0.462 e. The second kappa shape index (κ2) is 77.5. The van der Waals surface area contributed by atoms with Gasteiger partial charge in [0.1, 0.15) is 19.3 Å². The maximum absolute atomic E-state index is 13.1. The molecule has 0 radical (unpaired) electrons. The fraction of sp³-hybridized carbons (Fsp3) is 0.909. The lowest BCUT2D eigenvalue weighted by Crippen LogP contribution is -2.30. The van der Waals surface area contributed by atoms with Gasteiger partial charge in [-0.3, -0.25) is 37.3 Å². The van der Waals surface area contributed by atoms with Crippen molar-refractivity contribution in [1.82, 2.24) is 0 Å². The summed E-state index contributed by atoms with van der Waals surface area (Å²) in [7, 11) is -9.94. The molecule has 17 nitrogen and oxygen atoms in total. The van der Waals surface area contributed by atoms with Crippen LogP contribution in [0.15, 0.2) is 24.3 Å². The molecule has 0 aliphatic carbocycles. The van der Waals surface area contributed by atoms with E-state index < -0.39 is 97.5 Å². The zero-order valence-electron chi connectivity index (χ0n) is 70.1. The number of hydrogen-bond donors (Lipinski definition) is 3. The molecule has 0 heterocycles. The zero-order chi connectivity index (χ0) is 78.6. The first kappa shape index (κ1) is 105. The summed E-state index contributed by atoms with van der Waals surface area (Å²) in [6.45, 7) is 11.9. The van der Waals surface area contributed by atoms with E-state index in [9.17, 15) is 43.2 Å². The van der Waals surface area contributed by atoms with Gasteiger partial charge in [0, 0.05) is 25.7 Å². The highest BCUT2D eigenvalue weighted by Gasteiger charge is 2.30. The molecule has 0 aliphatic rings. The summed E-state index contributed by atoms with van der Waals surface area (Å²) in [4.78, 5) is 73.2. The standard InChI is InChI=1S/C88H168O17P2/c1-8-10-11-12-13-14-15-16-25-33-38-43-48-57-64-71-87(92)104-83(75-98-85(90)69-62-55-47-42-37-32-28-23-20-18-22-27-31-36-41-46-54-61-68-81(7)9-2)77-102-106(94,95)100-73-82(89)74-101-107(96,97)103-78-84(76-99-86(91)70-63-56-51-50-53-60-67-80(5)6)105-88(93)72-65-58-49-44-39-34-29-24-19-17-21-26-30-35-40-45-52-59-66-79(3)4/h14-16,25,79-84,89H,8-13,17-24,26-78H2,1-7H3,(H,94,95)(H,96,97)/b15-14-,25-16-/t81?,82?,83-,84-/m1/s1. The number of carbonyl (C=O) groups excluding carboxylic acids is 4. The highest BCUT2D eigenvalue weighted by molar-refractivity contribution is 7.47. The summed E-state index contributed by atoms with van der Waals surface area (Å²) in [5.41, 5.74) is 0. The van der Waals surface area contributed by atoms with E-state index in [-0.39, 0.29) is 25.7 Å². The van der Waals surface area contributed by atoms with Crippen molar-refractivity contribution >= 4 is 39.5 Å². The van der Waals surface area contributed by atoms with Gasteiger partial charge in [0.05, 0.1) is 26.4 Å². The van der Waals surface area contributed by atoms with Crippen LogP contribution in [-0.2, 0) is 65.4 Å². The lowest BCUT2D eigenvalue weighted by Gasteiger charge is -2.21. The van der Waals surface area contributed by atoms with Gasteiger partial charge in [-0.1, -0.05) is 387 Å². The quantitative estimate of drug-likeness (QED) is 0.0169. The van der Waals surface area contributed by atoms with E-state index in [1.165, 1.54) is 231 Å².